The summed E-state index contributed by atoms with van der Waals surface area (Å²) in [5.74, 6) is 0.718. The van der Waals surface area contributed by atoms with Crippen molar-refractivity contribution in [3.63, 3.8) is 0 Å². The standard InChI is InChI=1S/C19H24BrNO3/c1-2-10-21(11-9-15-7-8-17(22)18(23)14-15)12-13-24-19-6-4-3-5-16(19)20/h3-8,14,22-23H,2,9-13H2,1H3. The predicted octanol–water partition coefficient (Wildman–Crippen LogP) is 4.19. The third-order valence-corrected chi connectivity index (χ3v) is 4.45. The summed E-state index contributed by atoms with van der Waals surface area (Å²) in [6.45, 7) is 5.53. The molecule has 2 N–H and O–H groups in total. The van der Waals surface area contributed by atoms with E-state index in [-0.39, 0.29) is 11.5 Å². The number of benzene rings is 2. The van der Waals surface area contributed by atoms with Gasteiger partial charge >= 0.3 is 0 Å². The summed E-state index contributed by atoms with van der Waals surface area (Å²) in [6, 6.07) is 12.8. The molecule has 0 fully saturated rings. The Morgan fingerprint density at radius 3 is 2.50 bits per heavy atom. The molecule has 0 heterocycles. The van der Waals surface area contributed by atoms with E-state index < -0.39 is 0 Å². The minimum absolute atomic E-state index is 0.0631. The molecule has 0 atom stereocenters. The molecule has 4 nitrogen and oxygen atoms in total. The van der Waals surface area contributed by atoms with E-state index >= 15 is 0 Å². The number of ether oxygens (including phenoxy) is 1. The molecule has 5 heteroatoms. The highest BCUT2D eigenvalue weighted by molar-refractivity contribution is 9.10. The van der Waals surface area contributed by atoms with Crippen molar-refractivity contribution in [2.75, 3.05) is 26.2 Å². The van der Waals surface area contributed by atoms with E-state index in [4.69, 9.17) is 4.74 Å². The van der Waals surface area contributed by atoms with Gasteiger partial charge in [-0.05, 0) is 65.1 Å². The summed E-state index contributed by atoms with van der Waals surface area (Å²) in [6.07, 6.45) is 1.90. The lowest BCUT2D eigenvalue weighted by molar-refractivity contribution is 0.209. The van der Waals surface area contributed by atoms with Gasteiger partial charge in [-0.1, -0.05) is 25.1 Å². The number of rotatable bonds is 9. The van der Waals surface area contributed by atoms with Gasteiger partial charge in [0.1, 0.15) is 12.4 Å². The summed E-state index contributed by atoms with van der Waals surface area (Å²) in [4.78, 5) is 2.35. The smallest absolute Gasteiger partial charge is 0.157 e. The number of phenolic OH excluding ortho intramolecular Hbond substituents is 2. The van der Waals surface area contributed by atoms with Crippen LogP contribution < -0.4 is 4.74 Å². The zero-order valence-electron chi connectivity index (χ0n) is 13.9. The Morgan fingerprint density at radius 1 is 1.00 bits per heavy atom. The lowest BCUT2D eigenvalue weighted by Crippen LogP contribution is -2.31. The molecule has 0 spiro atoms. The van der Waals surface area contributed by atoms with Crippen molar-refractivity contribution in [2.24, 2.45) is 0 Å². The van der Waals surface area contributed by atoms with E-state index in [1.165, 1.54) is 6.07 Å². The first-order chi connectivity index (χ1) is 11.6. The first-order valence-electron chi connectivity index (χ1n) is 8.20. The summed E-state index contributed by atoms with van der Waals surface area (Å²) < 4.78 is 6.80. The van der Waals surface area contributed by atoms with Gasteiger partial charge in [-0.2, -0.15) is 0 Å². The van der Waals surface area contributed by atoms with Crippen LogP contribution in [0.2, 0.25) is 0 Å². The molecule has 24 heavy (non-hydrogen) atoms. The highest BCUT2D eigenvalue weighted by atomic mass is 79.9. The first-order valence-corrected chi connectivity index (χ1v) is 9.00. The molecule has 0 saturated carbocycles. The average Bonchev–Trinajstić information content (AvgIpc) is 2.57. The molecule has 0 bridgehead atoms. The maximum absolute atomic E-state index is 9.57. The average molecular weight is 394 g/mol. The molecule has 0 unspecified atom stereocenters. The van der Waals surface area contributed by atoms with Crippen molar-refractivity contribution in [1.82, 2.24) is 4.90 Å². The summed E-state index contributed by atoms with van der Waals surface area (Å²) >= 11 is 3.49. The number of nitrogens with zero attached hydrogens (tertiary/aromatic N) is 1. The number of hydrogen-bond acceptors (Lipinski definition) is 4. The third-order valence-electron chi connectivity index (χ3n) is 3.80. The number of aromatic hydroxyl groups is 2. The number of halogens is 1. The highest BCUT2D eigenvalue weighted by Gasteiger charge is 2.07. The molecule has 0 aliphatic rings. The van der Waals surface area contributed by atoms with Gasteiger partial charge in [0.25, 0.3) is 0 Å². The molecule has 0 aromatic heterocycles. The molecule has 130 valence electrons. The second-order valence-electron chi connectivity index (χ2n) is 5.69. The second kappa shape index (κ2) is 9.55. The van der Waals surface area contributed by atoms with Crippen molar-refractivity contribution >= 4 is 15.9 Å². The molecule has 0 radical (unpaired) electrons. The van der Waals surface area contributed by atoms with Crippen LogP contribution in [0.5, 0.6) is 17.2 Å². The van der Waals surface area contributed by atoms with E-state index in [1.54, 1.807) is 6.07 Å². The SMILES string of the molecule is CCCN(CCOc1ccccc1Br)CCc1ccc(O)c(O)c1. The van der Waals surface area contributed by atoms with E-state index in [0.29, 0.717) is 6.61 Å². The number of phenols is 2. The minimum Gasteiger partial charge on any atom is -0.504 e. The van der Waals surface area contributed by atoms with Gasteiger partial charge < -0.3 is 14.9 Å². The Balaban J connectivity index is 1.82. The van der Waals surface area contributed by atoms with Gasteiger partial charge in [0, 0.05) is 13.1 Å². The zero-order chi connectivity index (χ0) is 17.4. The van der Waals surface area contributed by atoms with Crippen molar-refractivity contribution in [2.45, 2.75) is 19.8 Å². The molecule has 2 aromatic carbocycles. The minimum atomic E-state index is -0.0778. The molecular formula is C19H24BrNO3. The Morgan fingerprint density at radius 2 is 1.79 bits per heavy atom. The fourth-order valence-corrected chi connectivity index (χ4v) is 2.91. The van der Waals surface area contributed by atoms with E-state index in [2.05, 4.69) is 27.8 Å². The van der Waals surface area contributed by atoms with Crippen molar-refractivity contribution in [1.29, 1.82) is 0 Å². The monoisotopic (exact) mass is 393 g/mol. The molecule has 0 saturated heterocycles. The van der Waals surface area contributed by atoms with Gasteiger partial charge in [-0.3, -0.25) is 4.90 Å². The Labute approximate surface area is 151 Å². The van der Waals surface area contributed by atoms with Crippen LogP contribution in [0, 0.1) is 0 Å². The van der Waals surface area contributed by atoms with E-state index in [1.807, 2.05) is 30.3 Å². The van der Waals surface area contributed by atoms with Gasteiger partial charge in [-0.15, -0.1) is 0 Å². The van der Waals surface area contributed by atoms with Crippen LogP contribution in [-0.4, -0.2) is 41.4 Å². The van der Waals surface area contributed by atoms with Crippen molar-refractivity contribution in [3.8, 4) is 17.2 Å². The molecular weight excluding hydrogens is 370 g/mol. The van der Waals surface area contributed by atoms with Crippen LogP contribution in [0.1, 0.15) is 18.9 Å². The molecule has 0 aliphatic heterocycles. The van der Waals surface area contributed by atoms with Crippen molar-refractivity contribution in [3.05, 3.63) is 52.5 Å². The lowest BCUT2D eigenvalue weighted by atomic mass is 10.1. The van der Waals surface area contributed by atoms with Gasteiger partial charge in [0.2, 0.25) is 0 Å². The predicted molar refractivity (Wildman–Crippen MR) is 99.8 cm³/mol. The second-order valence-corrected chi connectivity index (χ2v) is 6.55. The molecule has 0 amide bonds. The first kappa shape index (κ1) is 18.6. The summed E-state index contributed by atoms with van der Waals surface area (Å²) in [5, 5.41) is 18.9. The maximum Gasteiger partial charge on any atom is 0.157 e. The molecule has 2 rings (SSSR count). The van der Waals surface area contributed by atoms with Crippen LogP contribution >= 0.6 is 15.9 Å². The van der Waals surface area contributed by atoms with Gasteiger partial charge in [0.05, 0.1) is 4.47 Å². The molecule has 2 aromatic rings. The quantitative estimate of drug-likeness (QED) is 0.627. The fourth-order valence-electron chi connectivity index (χ4n) is 2.51. The molecule has 0 aliphatic carbocycles. The van der Waals surface area contributed by atoms with Crippen LogP contribution in [0.4, 0.5) is 0 Å². The van der Waals surface area contributed by atoms with E-state index in [0.717, 1.165) is 48.3 Å². The van der Waals surface area contributed by atoms with Crippen LogP contribution in [0.25, 0.3) is 0 Å². The normalized spacial score (nSPS) is 11.0. The topological polar surface area (TPSA) is 52.9 Å². The largest absolute Gasteiger partial charge is 0.504 e. The number of para-hydroxylation sites is 1. The lowest BCUT2D eigenvalue weighted by Gasteiger charge is -2.22. The Kier molecular flexibility index (Phi) is 7.40. The van der Waals surface area contributed by atoms with Gasteiger partial charge in [-0.25, -0.2) is 0 Å². The summed E-state index contributed by atoms with van der Waals surface area (Å²) in [5.41, 5.74) is 1.01. The number of hydrogen-bond donors (Lipinski definition) is 2. The van der Waals surface area contributed by atoms with Gasteiger partial charge in [0.15, 0.2) is 11.5 Å². The van der Waals surface area contributed by atoms with E-state index in [9.17, 15) is 10.2 Å². The van der Waals surface area contributed by atoms with Crippen LogP contribution in [0.3, 0.4) is 0 Å². The zero-order valence-corrected chi connectivity index (χ0v) is 15.5. The summed E-state index contributed by atoms with van der Waals surface area (Å²) in [7, 11) is 0. The maximum atomic E-state index is 9.57. The third kappa shape index (κ3) is 5.73. The fraction of sp³-hybridized carbons (Fsp3) is 0.368. The highest BCUT2D eigenvalue weighted by Crippen LogP contribution is 2.25. The van der Waals surface area contributed by atoms with Crippen LogP contribution in [0.15, 0.2) is 46.9 Å². The Bertz CT molecular complexity index is 648. The van der Waals surface area contributed by atoms with Crippen LogP contribution in [-0.2, 0) is 6.42 Å². The Hall–Kier alpha value is -1.72. The van der Waals surface area contributed by atoms with Crippen molar-refractivity contribution < 1.29 is 14.9 Å².